The van der Waals surface area contributed by atoms with Gasteiger partial charge in [0.05, 0.1) is 16.8 Å². The van der Waals surface area contributed by atoms with Gasteiger partial charge in [0, 0.05) is 49.6 Å². The lowest BCUT2D eigenvalue weighted by Crippen LogP contribution is -2.43. The number of benzene rings is 9. The van der Waals surface area contributed by atoms with Crippen LogP contribution in [0.5, 0.6) is 11.5 Å². The molecule has 4 nitrogen and oxygen atoms in total. The Bertz CT molecular complexity index is 3670. The Hall–Kier alpha value is -8.34. The molecule has 4 heteroatoms. The summed E-state index contributed by atoms with van der Waals surface area (Å²) in [4.78, 5) is 10.8. The molecular formula is C62H42N2O2. The van der Waals surface area contributed by atoms with Crippen molar-refractivity contribution in [1.82, 2.24) is 9.97 Å². The van der Waals surface area contributed by atoms with Gasteiger partial charge < -0.3 is 9.15 Å². The van der Waals surface area contributed by atoms with E-state index < -0.39 is 5.41 Å². The quantitative estimate of drug-likeness (QED) is 0.173. The number of aromatic nitrogens is 2. The van der Waals surface area contributed by atoms with Crippen molar-refractivity contribution >= 4 is 21.9 Å². The van der Waals surface area contributed by atoms with E-state index in [1.54, 1.807) is 0 Å². The van der Waals surface area contributed by atoms with Crippen molar-refractivity contribution in [2.24, 2.45) is 0 Å². The third-order valence-electron chi connectivity index (χ3n) is 14.1. The van der Waals surface area contributed by atoms with E-state index in [-0.39, 0.29) is 5.41 Å². The lowest BCUT2D eigenvalue weighted by Gasteiger charge is -2.50. The summed E-state index contributed by atoms with van der Waals surface area (Å²) in [6.45, 7) is 4.72. The van der Waals surface area contributed by atoms with Gasteiger partial charge in [0.2, 0.25) is 0 Å². The van der Waals surface area contributed by atoms with E-state index in [1.165, 1.54) is 22.3 Å². The highest BCUT2D eigenvalue weighted by molar-refractivity contribution is 6.09. The van der Waals surface area contributed by atoms with Crippen molar-refractivity contribution in [3.05, 3.63) is 252 Å². The van der Waals surface area contributed by atoms with Crippen molar-refractivity contribution < 1.29 is 9.15 Å². The van der Waals surface area contributed by atoms with Crippen LogP contribution >= 0.6 is 0 Å². The molecule has 0 fully saturated rings. The number of para-hydroxylation sites is 4. The van der Waals surface area contributed by atoms with Crippen LogP contribution in [0.1, 0.15) is 47.2 Å². The molecule has 11 aromatic rings. The summed E-state index contributed by atoms with van der Waals surface area (Å²) in [7, 11) is 0. The maximum Gasteiger partial charge on any atom is 0.161 e. The number of furan rings is 1. The summed E-state index contributed by atoms with van der Waals surface area (Å²) in [5.41, 5.74) is 17.3. The Labute approximate surface area is 383 Å². The maximum absolute atomic E-state index is 6.71. The average molecular weight is 847 g/mol. The van der Waals surface area contributed by atoms with Gasteiger partial charge in [-0.3, -0.25) is 0 Å². The second-order valence-corrected chi connectivity index (χ2v) is 18.0. The first kappa shape index (κ1) is 38.1. The molecular weight excluding hydrogens is 805 g/mol. The summed E-state index contributed by atoms with van der Waals surface area (Å²) in [6.07, 6.45) is 0. The molecule has 9 aromatic carbocycles. The summed E-state index contributed by atoms with van der Waals surface area (Å²) in [6, 6.07) is 77.6. The summed E-state index contributed by atoms with van der Waals surface area (Å²) < 4.78 is 13.1. The van der Waals surface area contributed by atoms with Gasteiger partial charge in [-0.25, -0.2) is 9.97 Å². The third kappa shape index (κ3) is 5.64. The Morgan fingerprint density at radius 1 is 0.364 bits per heavy atom. The van der Waals surface area contributed by atoms with Gasteiger partial charge in [0.25, 0.3) is 0 Å². The molecule has 13 rings (SSSR count). The summed E-state index contributed by atoms with van der Waals surface area (Å²) in [5, 5.41) is 2.24. The molecule has 0 saturated heterocycles. The molecule has 0 amide bonds. The van der Waals surface area contributed by atoms with Crippen LogP contribution in [-0.4, -0.2) is 9.97 Å². The van der Waals surface area contributed by atoms with Crippen molar-refractivity contribution in [3.63, 3.8) is 0 Å². The molecule has 2 aliphatic rings. The zero-order chi connectivity index (χ0) is 44.0. The molecule has 0 radical (unpaired) electrons. The Morgan fingerprint density at radius 2 is 0.894 bits per heavy atom. The number of hydrogen-bond donors (Lipinski definition) is 0. The van der Waals surface area contributed by atoms with Gasteiger partial charge in [-0.2, -0.15) is 0 Å². The van der Waals surface area contributed by atoms with E-state index in [0.29, 0.717) is 5.82 Å². The zero-order valence-corrected chi connectivity index (χ0v) is 36.5. The van der Waals surface area contributed by atoms with E-state index in [4.69, 9.17) is 19.1 Å². The minimum atomic E-state index is -0.628. The van der Waals surface area contributed by atoms with Crippen LogP contribution in [0.15, 0.2) is 223 Å². The molecule has 1 spiro atoms. The number of fused-ring (bicyclic) bond motifs is 11. The van der Waals surface area contributed by atoms with Crippen molar-refractivity contribution in [2.75, 3.05) is 0 Å². The molecule has 1 aliphatic heterocycles. The van der Waals surface area contributed by atoms with Crippen molar-refractivity contribution in [3.8, 4) is 67.7 Å². The molecule has 66 heavy (non-hydrogen) atoms. The molecule has 0 unspecified atom stereocenters. The normalized spacial score (nSPS) is 14.0. The predicted octanol–water partition coefficient (Wildman–Crippen LogP) is 15.8. The molecule has 0 N–H and O–H groups in total. The van der Waals surface area contributed by atoms with E-state index in [1.807, 2.05) is 18.2 Å². The van der Waals surface area contributed by atoms with Crippen LogP contribution in [0.25, 0.3) is 78.1 Å². The molecule has 3 heterocycles. The van der Waals surface area contributed by atoms with E-state index >= 15 is 0 Å². The molecule has 1 aliphatic carbocycles. The fourth-order valence-corrected chi connectivity index (χ4v) is 11.0. The summed E-state index contributed by atoms with van der Waals surface area (Å²) in [5.74, 6) is 2.42. The molecule has 0 atom stereocenters. The largest absolute Gasteiger partial charge is 0.457 e. The van der Waals surface area contributed by atoms with Gasteiger partial charge >= 0.3 is 0 Å². The maximum atomic E-state index is 6.71. The van der Waals surface area contributed by atoms with Crippen LogP contribution in [-0.2, 0) is 10.8 Å². The van der Waals surface area contributed by atoms with Crippen molar-refractivity contribution in [2.45, 2.75) is 24.7 Å². The SMILES string of the molecule is CC1(C)c2ccccc2C2(c3ccccc3Oc3ccccc32)c2cc(-c3ccccc3-c3nc(-c4ccccc4)cc(-c4ccc(-c5cccc6c5oc5ccccc56)cc4)n3)ccc21. The number of rotatable bonds is 5. The van der Waals surface area contributed by atoms with E-state index in [0.717, 1.165) is 94.9 Å². The molecule has 0 bridgehead atoms. The molecule has 312 valence electrons. The standard InChI is InChI=1S/C62H42N2O2/c1-61(2)48-24-9-10-25-50(48)62(51-26-11-14-29-57(51)65-58-30-15-12-27-52(58)62)53-37-42(35-36-49(53)61)43-19-6-7-21-47(43)60-63-54(40-17-4-3-5-18-40)38-55(64-60)41-33-31-39(32-34-41)44-22-16-23-46-45-20-8-13-28-56(45)66-59(44)46/h3-38H,1-2H3. The van der Waals surface area contributed by atoms with Crippen LogP contribution in [0.2, 0.25) is 0 Å². The highest BCUT2D eigenvalue weighted by Gasteiger charge is 2.52. The second-order valence-electron chi connectivity index (χ2n) is 18.0. The summed E-state index contributed by atoms with van der Waals surface area (Å²) >= 11 is 0. The highest BCUT2D eigenvalue weighted by Crippen LogP contribution is 2.62. The first-order valence-corrected chi connectivity index (χ1v) is 22.6. The fourth-order valence-electron chi connectivity index (χ4n) is 11.0. The van der Waals surface area contributed by atoms with Crippen LogP contribution < -0.4 is 4.74 Å². The fraction of sp³-hybridized carbons (Fsp3) is 0.0645. The minimum Gasteiger partial charge on any atom is -0.457 e. The van der Waals surface area contributed by atoms with Crippen molar-refractivity contribution in [1.29, 1.82) is 0 Å². The zero-order valence-electron chi connectivity index (χ0n) is 36.5. The Balaban J connectivity index is 0.985. The topological polar surface area (TPSA) is 48.2 Å². The minimum absolute atomic E-state index is 0.270. The first-order valence-electron chi connectivity index (χ1n) is 22.6. The highest BCUT2D eigenvalue weighted by atomic mass is 16.5. The van der Waals surface area contributed by atoms with Gasteiger partial charge in [-0.1, -0.05) is 202 Å². The Kier molecular flexibility index (Phi) is 8.44. The first-order chi connectivity index (χ1) is 32.5. The number of nitrogens with zero attached hydrogens (tertiary/aromatic N) is 2. The number of hydrogen-bond acceptors (Lipinski definition) is 4. The third-order valence-corrected chi connectivity index (χ3v) is 14.1. The van der Waals surface area contributed by atoms with E-state index in [9.17, 15) is 0 Å². The lowest BCUT2D eigenvalue weighted by atomic mass is 9.53. The van der Waals surface area contributed by atoms with Gasteiger partial charge in [0.1, 0.15) is 22.7 Å². The van der Waals surface area contributed by atoms with Gasteiger partial charge in [-0.15, -0.1) is 0 Å². The van der Waals surface area contributed by atoms with Crippen LogP contribution in [0.3, 0.4) is 0 Å². The molecule has 0 saturated carbocycles. The molecule has 2 aromatic heterocycles. The van der Waals surface area contributed by atoms with Gasteiger partial charge in [-0.05, 0) is 69.3 Å². The second kappa shape index (κ2) is 14.6. The Morgan fingerprint density at radius 3 is 1.64 bits per heavy atom. The lowest BCUT2D eigenvalue weighted by molar-refractivity contribution is 0.425. The smallest absolute Gasteiger partial charge is 0.161 e. The average Bonchev–Trinajstić information content (AvgIpc) is 3.77. The predicted molar refractivity (Wildman–Crippen MR) is 267 cm³/mol. The van der Waals surface area contributed by atoms with E-state index in [2.05, 4.69) is 214 Å². The van der Waals surface area contributed by atoms with Gasteiger partial charge in [0.15, 0.2) is 5.82 Å². The monoisotopic (exact) mass is 846 g/mol. The number of ether oxygens (including phenoxy) is 1. The van der Waals surface area contributed by atoms with Crippen LogP contribution in [0.4, 0.5) is 0 Å². The van der Waals surface area contributed by atoms with Crippen LogP contribution in [0, 0.1) is 0 Å².